The fraction of sp³-hybridized carbons (Fsp3) is 0.467. The van der Waals surface area contributed by atoms with Crippen molar-refractivity contribution in [3.8, 4) is 5.75 Å². The van der Waals surface area contributed by atoms with Crippen LogP contribution in [-0.4, -0.2) is 36.2 Å². The number of rotatable bonds is 7. The molecule has 1 aromatic carbocycles. The highest BCUT2D eigenvalue weighted by Gasteiger charge is 2.15. The highest BCUT2D eigenvalue weighted by atomic mass is 16.5. The van der Waals surface area contributed by atoms with E-state index in [1.165, 1.54) is 12.8 Å². The first-order valence-corrected chi connectivity index (χ1v) is 7.11. The molecule has 0 aliphatic heterocycles. The van der Waals surface area contributed by atoms with Crippen LogP contribution in [-0.2, 0) is 9.59 Å². The van der Waals surface area contributed by atoms with Gasteiger partial charge >= 0.3 is 5.97 Å². The molecule has 0 aromatic heterocycles. The summed E-state index contributed by atoms with van der Waals surface area (Å²) >= 11 is 0. The average molecular weight is 292 g/mol. The first-order valence-electron chi connectivity index (χ1n) is 7.11. The van der Waals surface area contributed by atoms with Crippen LogP contribution < -0.4 is 15.4 Å². The fourth-order valence-corrected chi connectivity index (χ4v) is 2.38. The molecule has 1 aromatic rings. The van der Waals surface area contributed by atoms with E-state index in [4.69, 9.17) is 9.84 Å². The second kappa shape index (κ2) is 7.64. The standard InChI is InChI=1S/C15H20N2O4/c18-14(9-16-11-4-1-2-5-11)17-12-6-3-7-13(8-12)21-10-15(19)20/h3,6-8,11,16H,1-2,4-5,9-10H2,(H,17,18)(H,19,20). The third-order valence-electron chi connectivity index (χ3n) is 3.39. The van der Waals surface area contributed by atoms with Gasteiger partial charge in [-0.1, -0.05) is 18.9 Å². The molecule has 6 nitrogen and oxygen atoms in total. The lowest BCUT2D eigenvalue weighted by Crippen LogP contribution is -2.34. The maximum Gasteiger partial charge on any atom is 0.341 e. The van der Waals surface area contributed by atoms with Crippen LogP contribution in [0, 0.1) is 0 Å². The summed E-state index contributed by atoms with van der Waals surface area (Å²) in [5.41, 5.74) is 0.594. The zero-order valence-electron chi connectivity index (χ0n) is 11.8. The molecule has 2 rings (SSSR count). The third kappa shape index (κ3) is 5.43. The van der Waals surface area contributed by atoms with Crippen LogP contribution in [0.15, 0.2) is 24.3 Å². The van der Waals surface area contributed by atoms with Crippen molar-refractivity contribution in [2.24, 2.45) is 0 Å². The highest BCUT2D eigenvalue weighted by Crippen LogP contribution is 2.18. The molecule has 0 radical (unpaired) electrons. The molecule has 0 unspecified atom stereocenters. The number of nitrogens with one attached hydrogen (secondary N) is 2. The van der Waals surface area contributed by atoms with Gasteiger partial charge in [0, 0.05) is 17.8 Å². The van der Waals surface area contributed by atoms with Crippen LogP contribution in [0.3, 0.4) is 0 Å². The molecule has 0 heterocycles. The summed E-state index contributed by atoms with van der Waals surface area (Å²) in [7, 11) is 0. The van der Waals surface area contributed by atoms with Crippen molar-refractivity contribution in [2.75, 3.05) is 18.5 Å². The van der Waals surface area contributed by atoms with Gasteiger partial charge in [0.05, 0.1) is 6.54 Å². The van der Waals surface area contributed by atoms with Crippen molar-refractivity contribution in [1.82, 2.24) is 5.32 Å². The average Bonchev–Trinajstić information content (AvgIpc) is 2.97. The Labute approximate surface area is 123 Å². The Morgan fingerprint density at radius 3 is 2.76 bits per heavy atom. The summed E-state index contributed by atoms with van der Waals surface area (Å²) in [6.07, 6.45) is 4.71. The van der Waals surface area contributed by atoms with Gasteiger partial charge in [0.1, 0.15) is 5.75 Å². The molecule has 21 heavy (non-hydrogen) atoms. The van der Waals surface area contributed by atoms with Crippen molar-refractivity contribution in [3.05, 3.63) is 24.3 Å². The monoisotopic (exact) mass is 292 g/mol. The number of hydrogen-bond acceptors (Lipinski definition) is 4. The quantitative estimate of drug-likeness (QED) is 0.711. The minimum absolute atomic E-state index is 0.114. The molecular weight excluding hydrogens is 272 g/mol. The number of ether oxygens (including phenoxy) is 1. The topological polar surface area (TPSA) is 87.7 Å². The molecule has 114 valence electrons. The van der Waals surface area contributed by atoms with E-state index in [1.54, 1.807) is 24.3 Å². The van der Waals surface area contributed by atoms with E-state index in [0.717, 1.165) is 12.8 Å². The molecule has 0 saturated heterocycles. The van der Waals surface area contributed by atoms with E-state index in [2.05, 4.69) is 10.6 Å². The summed E-state index contributed by atoms with van der Waals surface area (Å²) in [5, 5.41) is 14.6. The lowest BCUT2D eigenvalue weighted by atomic mass is 10.2. The molecule has 0 bridgehead atoms. The van der Waals surface area contributed by atoms with Crippen molar-refractivity contribution in [3.63, 3.8) is 0 Å². The van der Waals surface area contributed by atoms with Gasteiger partial charge in [0.25, 0.3) is 0 Å². The molecule has 1 fully saturated rings. The van der Waals surface area contributed by atoms with Crippen LogP contribution in [0.1, 0.15) is 25.7 Å². The van der Waals surface area contributed by atoms with Crippen molar-refractivity contribution in [2.45, 2.75) is 31.7 Å². The van der Waals surface area contributed by atoms with E-state index in [9.17, 15) is 9.59 Å². The maximum atomic E-state index is 11.8. The number of amides is 1. The molecule has 0 atom stereocenters. The zero-order valence-corrected chi connectivity index (χ0v) is 11.8. The van der Waals surface area contributed by atoms with Crippen molar-refractivity contribution < 1.29 is 19.4 Å². The lowest BCUT2D eigenvalue weighted by Gasteiger charge is -2.12. The largest absolute Gasteiger partial charge is 0.482 e. The Kier molecular flexibility index (Phi) is 5.57. The Bertz CT molecular complexity index is 498. The molecule has 1 amide bonds. The summed E-state index contributed by atoms with van der Waals surface area (Å²) in [6, 6.07) is 7.14. The first-order chi connectivity index (χ1) is 10.1. The van der Waals surface area contributed by atoms with E-state index in [1.807, 2.05) is 0 Å². The second-order valence-electron chi connectivity index (χ2n) is 5.12. The number of carbonyl (C=O) groups excluding carboxylic acids is 1. The molecule has 0 spiro atoms. The van der Waals surface area contributed by atoms with Gasteiger partial charge in [-0.15, -0.1) is 0 Å². The van der Waals surface area contributed by atoms with Crippen LogP contribution in [0.2, 0.25) is 0 Å². The molecule has 3 N–H and O–H groups in total. The molecule has 1 saturated carbocycles. The molecule has 6 heteroatoms. The summed E-state index contributed by atoms with van der Waals surface area (Å²) in [5.74, 6) is -0.735. The van der Waals surface area contributed by atoms with Crippen molar-refractivity contribution >= 4 is 17.6 Å². The van der Waals surface area contributed by atoms with Gasteiger partial charge in [0.2, 0.25) is 5.91 Å². The van der Waals surface area contributed by atoms with Gasteiger partial charge < -0.3 is 20.5 Å². The number of carbonyl (C=O) groups is 2. The van der Waals surface area contributed by atoms with E-state index >= 15 is 0 Å². The van der Waals surface area contributed by atoms with Gasteiger partial charge in [0.15, 0.2) is 6.61 Å². The van der Waals surface area contributed by atoms with Gasteiger partial charge in [-0.3, -0.25) is 4.79 Å². The number of carboxylic acid groups (broad SMARTS) is 1. The first kappa shape index (κ1) is 15.3. The van der Waals surface area contributed by atoms with Crippen LogP contribution in [0.25, 0.3) is 0 Å². The number of hydrogen-bond donors (Lipinski definition) is 3. The summed E-state index contributed by atoms with van der Waals surface area (Å²) in [4.78, 5) is 22.3. The Balaban J connectivity index is 1.79. The Morgan fingerprint density at radius 2 is 2.05 bits per heavy atom. The van der Waals surface area contributed by atoms with E-state index in [-0.39, 0.29) is 12.5 Å². The molecule has 1 aliphatic carbocycles. The Morgan fingerprint density at radius 1 is 1.29 bits per heavy atom. The predicted octanol–water partition coefficient (Wildman–Crippen LogP) is 1.62. The third-order valence-corrected chi connectivity index (χ3v) is 3.39. The van der Waals surface area contributed by atoms with Gasteiger partial charge in [-0.2, -0.15) is 0 Å². The van der Waals surface area contributed by atoms with E-state index < -0.39 is 12.6 Å². The summed E-state index contributed by atoms with van der Waals surface area (Å²) < 4.78 is 5.06. The SMILES string of the molecule is O=C(O)COc1cccc(NC(=O)CNC2CCCC2)c1. The Hall–Kier alpha value is -2.08. The van der Waals surface area contributed by atoms with Gasteiger partial charge in [-0.05, 0) is 25.0 Å². The minimum atomic E-state index is -1.04. The zero-order chi connectivity index (χ0) is 15.1. The lowest BCUT2D eigenvalue weighted by molar-refractivity contribution is -0.139. The van der Waals surface area contributed by atoms with Crippen LogP contribution in [0.4, 0.5) is 5.69 Å². The number of aliphatic carboxylic acids is 1. The minimum Gasteiger partial charge on any atom is -0.482 e. The normalized spacial score (nSPS) is 14.9. The highest BCUT2D eigenvalue weighted by molar-refractivity contribution is 5.92. The van der Waals surface area contributed by atoms with Crippen molar-refractivity contribution in [1.29, 1.82) is 0 Å². The maximum absolute atomic E-state index is 11.8. The fourth-order valence-electron chi connectivity index (χ4n) is 2.38. The number of anilines is 1. The van der Waals surface area contributed by atoms with Gasteiger partial charge in [-0.25, -0.2) is 4.79 Å². The molecular formula is C15H20N2O4. The number of carboxylic acids is 1. The van der Waals surface area contributed by atoms with E-state index in [0.29, 0.717) is 17.5 Å². The number of benzene rings is 1. The second-order valence-corrected chi connectivity index (χ2v) is 5.12. The predicted molar refractivity (Wildman–Crippen MR) is 78.5 cm³/mol. The van der Waals surface area contributed by atoms with Crippen LogP contribution in [0.5, 0.6) is 5.75 Å². The summed E-state index contributed by atoms with van der Waals surface area (Å²) in [6.45, 7) is -0.120. The smallest absolute Gasteiger partial charge is 0.341 e. The molecule has 1 aliphatic rings. The van der Waals surface area contributed by atoms with Crippen LogP contribution >= 0.6 is 0 Å².